The van der Waals surface area contributed by atoms with Gasteiger partial charge in [0.1, 0.15) is 5.82 Å². The summed E-state index contributed by atoms with van der Waals surface area (Å²) in [5, 5.41) is 5.48. The van der Waals surface area contributed by atoms with Crippen LogP contribution in [0.2, 0.25) is 0 Å². The Kier molecular flexibility index (Phi) is 10.5. The molecule has 0 saturated carbocycles. The van der Waals surface area contributed by atoms with Crippen molar-refractivity contribution in [1.82, 2.24) is 10.2 Å². The van der Waals surface area contributed by atoms with E-state index in [-0.39, 0.29) is 23.4 Å². The number of likely N-dealkylation sites (tertiary alicyclic amines) is 1. The molecule has 1 aliphatic rings. The van der Waals surface area contributed by atoms with E-state index in [0.717, 1.165) is 16.7 Å². The standard InChI is InChI=1S/C35H41F4N3O2/c1-23-9-5-14-29(36)30(23)33(44)42-20-8-13-28(32(43)41-27-12-6-11-26(21-27)34(2,3)4)31(42)25-17-15-24(16-18-25)10-7-19-40-22-35(37,38)39/h5-6,9,11-12,14-18,21,28,31,40H,7-8,10,13,19-20,22H2,1-4H3,(H,41,43). The number of carbonyl (C=O) groups excluding carboxylic acids is 2. The maximum absolute atomic E-state index is 15.0. The Morgan fingerprint density at radius 2 is 1.68 bits per heavy atom. The van der Waals surface area contributed by atoms with Crippen LogP contribution in [-0.2, 0) is 16.6 Å². The second-order valence-electron chi connectivity index (χ2n) is 12.6. The minimum atomic E-state index is -4.25. The van der Waals surface area contributed by atoms with Crippen LogP contribution in [0.5, 0.6) is 0 Å². The number of nitrogens with one attached hydrogen (secondary N) is 2. The van der Waals surface area contributed by atoms with Gasteiger partial charge in [0.25, 0.3) is 5.91 Å². The number of nitrogens with zero attached hydrogens (tertiary/aromatic N) is 1. The molecule has 3 aromatic carbocycles. The number of carbonyl (C=O) groups is 2. The van der Waals surface area contributed by atoms with E-state index in [4.69, 9.17) is 0 Å². The Balaban J connectivity index is 1.60. The highest BCUT2D eigenvalue weighted by molar-refractivity contribution is 5.98. The number of alkyl halides is 3. The number of rotatable bonds is 9. The van der Waals surface area contributed by atoms with Crippen LogP contribution in [0.1, 0.15) is 78.7 Å². The van der Waals surface area contributed by atoms with E-state index in [9.17, 15) is 27.2 Å². The number of hydrogen-bond acceptors (Lipinski definition) is 3. The zero-order chi connectivity index (χ0) is 32.1. The van der Waals surface area contributed by atoms with Crippen LogP contribution in [0.25, 0.3) is 0 Å². The first kappa shape index (κ1) is 33.2. The largest absolute Gasteiger partial charge is 0.401 e. The van der Waals surface area contributed by atoms with Gasteiger partial charge in [0.05, 0.1) is 24.1 Å². The van der Waals surface area contributed by atoms with Crippen LogP contribution in [-0.4, -0.2) is 42.5 Å². The third-order valence-electron chi connectivity index (χ3n) is 8.13. The second kappa shape index (κ2) is 13.9. The average molecular weight is 612 g/mol. The molecule has 2 atom stereocenters. The molecule has 0 radical (unpaired) electrons. The molecule has 0 bridgehead atoms. The summed E-state index contributed by atoms with van der Waals surface area (Å²) in [6.45, 7) is 7.56. The van der Waals surface area contributed by atoms with E-state index in [1.54, 1.807) is 24.0 Å². The molecular formula is C35H41F4N3O2. The summed E-state index contributed by atoms with van der Waals surface area (Å²) in [7, 11) is 0. The molecule has 0 spiro atoms. The van der Waals surface area contributed by atoms with Crippen molar-refractivity contribution in [2.75, 3.05) is 25.0 Å². The molecular weight excluding hydrogens is 570 g/mol. The van der Waals surface area contributed by atoms with Crippen molar-refractivity contribution in [2.45, 2.75) is 71.0 Å². The number of halogens is 4. The van der Waals surface area contributed by atoms with Crippen LogP contribution >= 0.6 is 0 Å². The number of amides is 2. The molecule has 1 fully saturated rings. The monoisotopic (exact) mass is 611 g/mol. The smallest absolute Gasteiger partial charge is 0.331 e. The van der Waals surface area contributed by atoms with Crippen molar-refractivity contribution in [2.24, 2.45) is 5.92 Å². The topological polar surface area (TPSA) is 61.4 Å². The predicted molar refractivity (Wildman–Crippen MR) is 165 cm³/mol. The Morgan fingerprint density at radius 3 is 2.34 bits per heavy atom. The Labute approximate surface area is 257 Å². The molecule has 1 saturated heterocycles. The third kappa shape index (κ3) is 8.46. The normalized spacial score (nSPS) is 17.4. The summed E-state index contributed by atoms with van der Waals surface area (Å²) in [5.74, 6) is -1.87. The minimum Gasteiger partial charge on any atom is -0.331 e. The van der Waals surface area contributed by atoms with Gasteiger partial charge in [0, 0.05) is 12.2 Å². The number of piperidine rings is 1. The van der Waals surface area contributed by atoms with Gasteiger partial charge in [-0.15, -0.1) is 0 Å². The molecule has 0 aromatic heterocycles. The van der Waals surface area contributed by atoms with Gasteiger partial charge in [0.15, 0.2) is 0 Å². The second-order valence-corrected chi connectivity index (χ2v) is 12.6. The van der Waals surface area contributed by atoms with Crippen LogP contribution < -0.4 is 10.6 Å². The van der Waals surface area contributed by atoms with Crippen molar-refractivity contribution < 1.29 is 27.2 Å². The molecule has 9 heteroatoms. The maximum atomic E-state index is 15.0. The van der Waals surface area contributed by atoms with E-state index >= 15 is 0 Å². The zero-order valence-corrected chi connectivity index (χ0v) is 25.7. The molecule has 0 aliphatic carbocycles. The number of aryl methyl sites for hydroxylation is 2. The lowest BCUT2D eigenvalue weighted by Crippen LogP contribution is -2.46. The molecule has 236 valence electrons. The third-order valence-corrected chi connectivity index (χ3v) is 8.13. The van der Waals surface area contributed by atoms with Gasteiger partial charge in [-0.3, -0.25) is 9.59 Å². The average Bonchev–Trinajstić information content (AvgIpc) is 2.96. The van der Waals surface area contributed by atoms with Gasteiger partial charge in [-0.1, -0.05) is 69.3 Å². The summed E-state index contributed by atoms with van der Waals surface area (Å²) < 4.78 is 52.2. The van der Waals surface area contributed by atoms with E-state index in [1.165, 1.54) is 6.07 Å². The Morgan fingerprint density at radius 1 is 0.977 bits per heavy atom. The van der Waals surface area contributed by atoms with E-state index < -0.39 is 36.4 Å². The lowest BCUT2D eigenvalue weighted by molar-refractivity contribution is -0.125. The molecule has 1 heterocycles. The van der Waals surface area contributed by atoms with Crippen LogP contribution in [0.3, 0.4) is 0 Å². The lowest BCUT2D eigenvalue weighted by Gasteiger charge is -2.41. The lowest BCUT2D eigenvalue weighted by atomic mass is 9.82. The minimum absolute atomic E-state index is 0.000543. The summed E-state index contributed by atoms with van der Waals surface area (Å²) in [6, 6.07) is 19.1. The fourth-order valence-electron chi connectivity index (χ4n) is 5.78. The number of benzene rings is 3. The van der Waals surface area contributed by atoms with Gasteiger partial charge in [-0.25, -0.2) is 4.39 Å². The summed E-state index contributed by atoms with van der Waals surface area (Å²) in [4.78, 5) is 29.4. The van der Waals surface area contributed by atoms with E-state index in [2.05, 4.69) is 31.4 Å². The molecule has 5 nitrogen and oxygen atoms in total. The van der Waals surface area contributed by atoms with Crippen molar-refractivity contribution in [3.63, 3.8) is 0 Å². The fraction of sp³-hybridized carbons (Fsp3) is 0.429. The molecule has 2 amide bonds. The Hall–Kier alpha value is -3.72. The van der Waals surface area contributed by atoms with Crippen molar-refractivity contribution in [3.05, 3.63) is 100 Å². The molecule has 3 aromatic rings. The Bertz CT molecular complexity index is 1430. The highest BCUT2D eigenvalue weighted by atomic mass is 19.4. The van der Waals surface area contributed by atoms with Crippen LogP contribution in [0.4, 0.5) is 23.2 Å². The SMILES string of the molecule is Cc1cccc(F)c1C(=O)N1CCCC(C(=O)Nc2cccc(C(C)(C)C)c2)C1c1ccc(CCCNCC(F)(F)F)cc1. The van der Waals surface area contributed by atoms with Crippen molar-refractivity contribution >= 4 is 17.5 Å². The highest BCUT2D eigenvalue weighted by Gasteiger charge is 2.40. The molecule has 2 N–H and O–H groups in total. The van der Waals surface area contributed by atoms with Crippen LogP contribution in [0.15, 0.2) is 66.7 Å². The first-order valence-corrected chi connectivity index (χ1v) is 15.1. The van der Waals surface area contributed by atoms with Crippen molar-refractivity contribution in [3.8, 4) is 0 Å². The van der Waals surface area contributed by atoms with Gasteiger partial charge in [-0.05, 0) is 85.0 Å². The van der Waals surface area contributed by atoms with Crippen LogP contribution in [0, 0.1) is 18.7 Å². The summed E-state index contributed by atoms with van der Waals surface area (Å²) in [6.07, 6.45) is -2.03. The quantitative estimate of drug-likeness (QED) is 0.192. The van der Waals surface area contributed by atoms with Gasteiger partial charge in [0.2, 0.25) is 5.91 Å². The van der Waals surface area contributed by atoms with Gasteiger partial charge >= 0.3 is 6.18 Å². The number of anilines is 1. The summed E-state index contributed by atoms with van der Waals surface area (Å²) >= 11 is 0. The van der Waals surface area contributed by atoms with Gasteiger partial charge in [-0.2, -0.15) is 13.2 Å². The van der Waals surface area contributed by atoms with Gasteiger partial charge < -0.3 is 15.5 Å². The predicted octanol–water partition coefficient (Wildman–Crippen LogP) is 7.75. The molecule has 4 rings (SSSR count). The molecule has 1 aliphatic heterocycles. The maximum Gasteiger partial charge on any atom is 0.401 e. The van der Waals surface area contributed by atoms with Crippen molar-refractivity contribution in [1.29, 1.82) is 0 Å². The first-order valence-electron chi connectivity index (χ1n) is 15.1. The fourth-order valence-corrected chi connectivity index (χ4v) is 5.78. The highest BCUT2D eigenvalue weighted by Crippen LogP contribution is 2.39. The summed E-state index contributed by atoms with van der Waals surface area (Å²) in [5.41, 5.74) is 3.84. The molecule has 44 heavy (non-hydrogen) atoms. The number of hydrogen-bond donors (Lipinski definition) is 2. The first-order chi connectivity index (χ1) is 20.7. The van der Waals surface area contributed by atoms with E-state index in [1.807, 2.05) is 48.5 Å². The van der Waals surface area contributed by atoms with E-state index in [0.29, 0.717) is 43.5 Å². The molecule has 2 unspecified atom stereocenters. The zero-order valence-electron chi connectivity index (χ0n) is 25.7.